The van der Waals surface area contributed by atoms with Crippen LogP contribution in [-0.4, -0.2) is 40.6 Å². The molecule has 1 N–H and O–H groups in total. The molecule has 0 fully saturated rings. The number of pyridine rings is 1. The monoisotopic (exact) mass is 535 g/mol. The van der Waals surface area contributed by atoms with Gasteiger partial charge in [0.15, 0.2) is 5.96 Å². The van der Waals surface area contributed by atoms with Gasteiger partial charge in [0.25, 0.3) is 0 Å². The van der Waals surface area contributed by atoms with Crippen LogP contribution in [0.25, 0.3) is 0 Å². The Hall–Kier alpha value is -1.29. The molecule has 0 aliphatic rings. The van der Waals surface area contributed by atoms with E-state index in [0.29, 0.717) is 12.4 Å². The minimum absolute atomic E-state index is 0. The zero-order chi connectivity index (χ0) is 18.4. The highest BCUT2D eigenvalue weighted by atomic mass is 127. The number of guanidine groups is 1. The van der Waals surface area contributed by atoms with Gasteiger partial charge in [-0.15, -0.1) is 24.0 Å². The van der Waals surface area contributed by atoms with E-state index >= 15 is 0 Å². The lowest BCUT2D eigenvalue weighted by Crippen LogP contribution is -2.38. The number of aryl methyl sites for hydroxylation is 1. The van der Waals surface area contributed by atoms with E-state index in [1.54, 1.807) is 7.05 Å². The molecule has 0 saturated heterocycles. The molecule has 0 atom stereocenters. The number of halogens is 2. The van der Waals surface area contributed by atoms with Crippen molar-refractivity contribution < 1.29 is 4.74 Å². The van der Waals surface area contributed by atoms with E-state index in [1.807, 2.05) is 52.5 Å². The fraction of sp³-hybridized carbons (Fsp3) is 0.444. The van der Waals surface area contributed by atoms with Gasteiger partial charge in [-0.05, 0) is 41.4 Å². The maximum atomic E-state index is 5.56. The average Bonchev–Trinajstić information content (AvgIpc) is 2.86. The van der Waals surface area contributed by atoms with Gasteiger partial charge in [-0.1, -0.05) is 6.07 Å². The van der Waals surface area contributed by atoms with Crippen molar-refractivity contribution >= 4 is 45.9 Å². The number of hydrogen-bond donors (Lipinski definition) is 1. The van der Waals surface area contributed by atoms with Crippen LogP contribution in [0.15, 0.2) is 40.1 Å². The van der Waals surface area contributed by atoms with Crippen molar-refractivity contribution in [3.63, 3.8) is 0 Å². The Balaban J connectivity index is 0.00000338. The summed E-state index contributed by atoms with van der Waals surface area (Å²) >= 11 is 3.51. The number of nitrogens with zero attached hydrogens (tertiary/aromatic N) is 4. The van der Waals surface area contributed by atoms with Crippen molar-refractivity contribution in [1.82, 2.24) is 19.8 Å². The van der Waals surface area contributed by atoms with Gasteiger partial charge < -0.3 is 19.5 Å². The molecule has 2 aromatic rings. The van der Waals surface area contributed by atoms with Crippen LogP contribution in [0.4, 0.5) is 0 Å². The van der Waals surface area contributed by atoms with Gasteiger partial charge in [0.1, 0.15) is 0 Å². The molecule has 144 valence electrons. The molecule has 0 radical (unpaired) electrons. The van der Waals surface area contributed by atoms with E-state index in [-0.39, 0.29) is 30.1 Å². The van der Waals surface area contributed by atoms with Crippen molar-refractivity contribution in [2.45, 2.75) is 33.0 Å². The van der Waals surface area contributed by atoms with Gasteiger partial charge in [0.2, 0.25) is 5.88 Å². The van der Waals surface area contributed by atoms with Crippen molar-refractivity contribution in [1.29, 1.82) is 0 Å². The number of rotatable bonds is 6. The molecule has 0 amide bonds. The smallest absolute Gasteiger partial charge is 0.213 e. The van der Waals surface area contributed by atoms with Crippen LogP contribution < -0.4 is 10.1 Å². The SMILES string of the molecule is CN=C(NCc1ccc(OC(C)C)nc1)N(C)Cc1cc(Br)cn1C.I. The van der Waals surface area contributed by atoms with Crippen LogP contribution in [0.3, 0.4) is 0 Å². The minimum Gasteiger partial charge on any atom is -0.475 e. The van der Waals surface area contributed by atoms with Crippen LogP contribution >= 0.6 is 39.9 Å². The Bertz CT molecular complexity index is 715. The summed E-state index contributed by atoms with van der Waals surface area (Å²) in [5.41, 5.74) is 2.28. The Morgan fingerprint density at radius 1 is 1.42 bits per heavy atom. The van der Waals surface area contributed by atoms with Gasteiger partial charge in [-0.25, -0.2) is 4.98 Å². The largest absolute Gasteiger partial charge is 0.475 e. The second-order valence-electron chi connectivity index (χ2n) is 6.19. The topological polar surface area (TPSA) is 54.7 Å². The summed E-state index contributed by atoms with van der Waals surface area (Å²) < 4.78 is 8.75. The van der Waals surface area contributed by atoms with Crippen LogP contribution in [0.1, 0.15) is 25.1 Å². The van der Waals surface area contributed by atoms with E-state index in [0.717, 1.165) is 22.5 Å². The molecule has 0 saturated carbocycles. The molecule has 0 bridgehead atoms. The summed E-state index contributed by atoms with van der Waals surface area (Å²) in [6, 6.07) is 6.02. The van der Waals surface area contributed by atoms with Crippen molar-refractivity contribution in [3.8, 4) is 5.88 Å². The summed E-state index contributed by atoms with van der Waals surface area (Å²) in [6.07, 6.45) is 4.00. The number of hydrogen-bond acceptors (Lipinski definition) is 3. The first kappa shape index (κ1) is 22.8. The van der Waals surface area contributed by atoms with E-state index < -0.39 is 0 Å². The molecule has 2 rings (SSSR count). The van der Waals surface area contributed by atoms with Crippen LogP contribution in [-0.2, 0) is 20.1 Å². The maximum absolute atomic E-state index is 5.56. The van der Waals surface area contributed by atoms with Gasteiger partial charge >= 0.3 is 0 Å². The first-order chi connectivity index (χ1) is 11.9. The summed E-state index contributed by atoms with van der Waals surface area (Å²) in [4.78, 5) is 10.8. The van der Waals surface area contributed by atoms with Crippen molar-refractivity contribution in [3.05, 3.63) is 46.3 Å². The third kappa shape index (κ3) is 6.79. The second kappa shape index (κ2) is 10.8. The second-order valence-corrected chi connectivity index (χ2v) is 7.10. The summed E-state index contributed by atoms with van der Waals surface area (Å²) in [6.45, 7) is 5.40. The predicted octanol–water partition coefficient (Wildman–Crippen LogP) is 3.80. The molecule has 0 aliphatic carbocycles. The fourth-order valence-electron chi connectivity index (χ4n) is 2.43. The minimum atomic E-state index is 0. The Kier molecular flexibility index (Phi) is 9.42. The summed E-state index contributed by atoms with van der Waals surface area (Å²) in [5.74, 6) is 1.48. The Morgan fingerprint density at radius 3 is 2.65 bits per heavy atom. The average molecular weight is 536 g/mol. The van der Waals surface area contributed by atoms with E-state index in [9.17, 15) is 0 Å². The zero-order valence-corrected chi connectivity index (χ0v) is 19.8. The van der Waals surface area contributed by atoms with E-state index in [1.165, 1.54) is 5.69 Å². The molecule has 0 spiro atoms. The van der Waals surface area contributed by atoms with Gasteiger partial charge in [0.05, 0.1) is 12.6 Å². The van der Waals surface area contributed by atoms with Gasteiger partial charge in [-0.2, -0.15) is 0 Å². The quantitative estimate of drug-likeness (QED) is 0.347. The van der Waals surface area contributed by atoms with E-state index in [2.05, 4.69) is 46.8 Å². The standard InChI is InChI=1S/C18H26BrN5O.HI/c1-13(2)25-17-7-6-14(9-21-17)10-22-18(20-3)24(5)12-16-8-15(19)11-23(16)4;/h6-9,11,13H,10,12H2,1-5H3,(H,20,22);1H. The highest BCUT2D eigenvalue weighted by molar-refractivity contribution is 14.0. The highest BCUT2D eigenvalue weighted by Crippen LogP contribution is 2.15. The highest BCUT2D eigenvalue weighted by Gasteiger charge is 2.10. The van der Waals surface area contributed by atoms with Crippen LogP contribution in [0.2, 0.25) is 0 Å². The Labute approximate surface area is 181 Å². The summed E-state index contributed by atoms with van der Waals surface area (Å²) in [7, 11) is 5.85. The lowest BCUT2D eigenvalue weighted by molar-refractivity contribution is 0.232. The number of ether oxygens (including phenoxy) is 1. The normalized spacial score (nSPS) is 11.3. The molecule has 8 heteroatoms. The molecule has 2 aromatic heterocycles. The molecular formula is C18H27BrIN5O. The Morgan fingerprint density at radius 2 is 2.15 bits per heavy atom. The molecule has 26 heavy (non-hydrogen) atoms. The van der Waals surface area contributed by atoms with E-state index in [4.69, 9.17) is 4.74 Å². The van der Waals surface area contributed by atoms with Gasteiger partial charge in [0, 0.05) is 56.3 Å². The van der Waals surface area contributed by atoms with Gasteiger partial charge in [-0.3, -0.25) is 4.99 Å². The molecular weight excluding hydrogens is 509 g/mol. The molecule has 6 nitrogen and oxygen atoms in total. The first-order valence-electron chi connectivity index (χ1n) is 8.23. The fourth-order valence-corrected chi connectivity index (χ4v) is 3.01. The molecule has 0 aromatic carbocycles. The number of aromatic nitrogens is 2. The molecule has 0 unspecified atom stereocenters. The van der Waals surface area contributed by atoms with Crippen molar-refractivity contribution in [2.75, 3.05) is 14.1 Å². The molecule has 2 heterocycles. The maximum Gasteiger partial charge on any atom is 0.213 e. The lowest BCUT2D eigenvalue weighted by Gasteiger charge is -2.22. The number of aliphatic imine (C=N–C) groups is 1. The van der Waals surface area contributed by atoms with Crippen LogP contribution in [0.5, 0.6) is 5.88 Å². The summed E-state index contributed by atoms with van der Waals surface area (Å²) in [5, 5.41) is 3.37. The first-order valence-corrected chi connectivity index (χ1v) is 9.02. The predicted molar refractivity (Wildman–Crippen MR) is 120 cm³/mol. The third-order valence-electron chi connectivity index (χ3n) is 3.65. The molecule has 0 aliphatic heterocycles. The van der Waals surface area contributed by atoms with Crippen molar-refractivity contribution in [2.24, 2.45) is 12.0 Å². The number of nitrogens with one attached hydrogen (secondary N) is 1. The zero-order valence-electron chi connectivity index (χ0n) is 15.9. The van der Waals surface area contributed by atoms with Crippen LogP contribution in [0, 0.1) is 0 Å². The third-order valence-corrected chi connectivity index (χ3v) is 4.09. The lowest BCUT2D eigenvalue weighted by atomic mass is 10.3.